The summed E-state index contributed by atoms with van der Waals surface area (Å²) in [5.41, 5.74) is 0.874. The van der Waals surface area contributed by atoms with E-state index in [2.05, 4.69) is 42.5 Å². The van der Waals surface area contributed by atoms with Crippen LogP contribution in [0.15, 0.2) is 30.3 Å². The number of carbonyl (C=O) groups is 16. The highest BCUT2D eigenvalue weighted by atomic mass is 16.7. The zero-order chi connectivity index (χ0) is 94.3. The van der Waals surface area contributed by atoms with Crippen molar-refractivity contribution in [1.82, 2.24) is 47.4 Å². The monoisotopic (exact) mass is 1820 g/mol. The van der Waals surface area contributed by atoms with Crippen molar-refractivity contribution in [1.29, 1.82) is 0 Å². The van der Waals surface area contributed by atoms with Gasteiger partial charge in [-0.1, -0.05) is 83.2 Å². The number of Topliss-reactive ketones (excluding diaryl/α,β-unsaturated/α-hetero) is 1. The van der Waals surface area contributed by atoms with E-state index in [0.717, 1.165) is 5.56 Å². The number of unbranched alkanes of at least 4 members (excludes halogenated alkanes) is 9. The molecule has 0 spiro atoms. The molecule has 0 bridgehead atoms. The van der Waals surface area contributed by atoms with Crippen LogP contribution in [0.2, 0.25) is 0 Å². The second kappa shape index (κ2) is 63.6. The summed E-state index contributed by atoms with van der Waals surface area (Å²) in [6.45, 7) is 18.1. The van der Waals surface area contributed by atoms with Gasteiger partial charge >= 0.3 is 41.8 Å². The van der Waals surface area contributed by atoms with Crippen LogP contribution >= 0.6 is 0 Å². The Labute approximate surface area is 751 Å². The van der Waals surface area contributed by atoms with Crippen LogP contribution < -0.4 is 42.5 Å². The van der Waals surface area contributed by atoms with E-state index in [9.17, 15) is 76.7 Å². The van der Waals surface area contributed by atoms with Crippen LogP contribution in [0.5, 0.6) is 0 Å². The Morgan fingerprint density at radius 1 is 0.352 bits per heavy atom. The van der Waals surface area contributed by atoms with E-state index in [1.807, 2.05) is 30.3 Å². The van der Waals surface area contributed by atoms with Gasteiger partial charge < -0.3 is 109 Å². The van der Waals surface area contributed by atoms with Crippen molar-refractivity contribution >= 4 is 94.8 Å². The van der Waals surface area contributed by atoms with Gasteiger partial charge in [-0.2, -0.15) is 0 Å². The molecule has 39 heteroatoms. The van der Waals surface area contributed by atoms with Crippen LogP contribution in [-0.2, 0) is 150 Å². The fourth-order valence-corrected chi connectivity index (χ4v) is 15.0. The van der Waals surface area contributed by atoms with E-state index in [-0.39, 0.29) is 140 Å². The average molecular weight is 1820 g/mol. The van der Waals surface area contributed by atoms with E-state index < -0.39 is 163 Å². The smallest absolute Gasteiger partial charge is 0.306 e. The molecule has 3 aliphatic rings. The first-order valence-corrected chi connectivity index (χ1v) is 45.3. The van der Waals surface area contributed by atoms with Crippen molar-refractivity contribution in [2.45, 2.75) is 355 Å². The van der Waals surface area contributed by atoms with E-state index in [0.29, 0.717) is 142 Å². The number of nitrogens with zero attached hydrogens (tertiary/aromatic N) is 1. The molecule has 3 fully saturated rings. The maximum atomic E-state index is 14.6. The highest BCUT2D eigenvalue weighted by Gasteiger charge is 2.53. The number of rotatable bonds is 64. The fraction of sp³-hybridized carbons (Fsp3) is 0.753. The Kier molecular flexibility index (Phi) is 55.1. The quantitative estimate of drug-likeness (QED) is 0.0239. The predicted octanol–water partition coefficient (Wildman–Crippen LogP) is 5.10. The van der Waals surface area contributed by atoms with Crippen LogP contribution in [0.1, 0.15) is 256 Å². The molecule has 3 saturated heterocycles. The predicted molar refractivity (Wildman–Crippen MR) is 460 cm³/mol. The number of nitrogens with one attached hydrogen (secondary N) is 8. The summed E-state index contributed by atoms with van der Waals surface area (Å²) in [6.07, 6.45) is -1.30. The van der Waals surface area contributed by atoms with Crippen molar-refractivity contribution < 1.29 is 143 Å². The van der Waals surface area contributed by atoms with Gasteiger partial charge in [0.05, 0.1) is 19.1 Å². The molecule has 0 saturated carbocycles. The summed E-state index contributed by atoms with van der Waals surface area (Å²) < 4.78 is 81.2. The lowest BCUT2D eigenvalue weighted by molar-refractivity contribution is -0.272. The molecule has 724 valence electrons. The Hall–Kier alpha value is -9.38. The minimum absolute atomic E-state index is 0.0499. The number of carbonyl (C=O) groups excluding carboxylic acids is 16. The number of hydrogen-bond donors (Lipinski definition) is 8. The molecule has 3 aliphatic heterocycles. The maximum absolute atomic E-state index is 14.6. The summed E-state index contributed by atoms with van der Waals surface area (Å²) in [5.74, 6) is -7.44. The summed E-state index contributed by atoms with van der Waals surface area (Å²) in [7, 11) is 0. The third-order valence-electron chi connectivity index (χ3n) is 20.9. The van der Waals surface area contributed by atoms with Crippen LogP contribution in [0.3, 0.4) is 0 Å². The second-order valence-corrected chi connectivity index (χ2v) is 32.0. The van der Waals surface area contributed by atoms with Crippen LogP contribution in [0.25, 0.3) is 0 Å². The van der Waals surface area contributed by atoms with Crippen LogP contribution in [-0.4, -0.2) is 277 Å². The molecule has 16 unspecified atom stereocenters. The first kappa shape index (κ1) is 111. The standard InChI is InChI=1S/C89H143N9O30/c1-13-69-80(120-60(7)102)83(123-63(10)105)77(95-57(4)99)87(126-69)116-51-30-18-24-40-72(109)90-44-28-27-38-67(108)54-98(55-75(112)93-47-34-45-91-73(110)41-25-19-31-52-117-88-78(96-58(5)100)84(124-64(11)106)81(121-61(8)103)70(14-2)127-88)68(39-23-17-29-49-115-50-33-43-76(113)119-56-66-36-21-16-22-37-66)86(114)94-48-35-46-92-74(111)42-26-20-32-53-118-89-79(97-59(6)101)85(125-65(12)107)82(122-62(9)104)71(15-3)128-89/h16,21-22,36-37,68-71,77-85,87-89H,13-15,17-20,23-35,38-56H2,1-12H3,(H,90,109)(H,91,110)(H,92,111)(H,93,112)(H,94,114)(H,95,99)(H,96,100)(H,97,101). The van der Waals surface area contributed by atoms with Gasteiger partial charge in [0, 0.05) is 160 Å². The molecule has 8 amide bonds. The minimum Gasteiger partial charge on any atom is -0.461 e. The number of esters is 7. The van der Waals surface area contributed by atoms with Gasteiger partial charge in [0.1, 0.15) is 48.8 Å². The normalized spacial score (nSPS) is 22.1. The summed E-state index contributed by atoms with van der Waals surface area (Å²) >= 11 is 0. The van der Waals surface area contributed by atoms with Gasteiger partial charge in [0.25, 0.3) is 0 Å². The summed E-state index contributed by atoms with van der Waals surface area (Å²) in [5, 5.41) is 22.7. The van der Waals surface area contributed by atoms with Gasteiger partial charge in [-0.15, -0.1) is 0 Å². The molecule has 8 N–H and O–H groups in total. The molecule has 1 aromatic rings. The van der Waals surface area contributed by atoms with Gasteiger partial charge in [-0.3, -0.25) is 81.6 Å². The van der Waals surface area contributed by atoms with Gasteiger partial charge in [-0.05, 0) is 108 Å². The lowest BCUT2D eigenvalue weighted by Crippen LogP contribution is -2.65. The molecule has 4 rings (SSSR count). The van der Waals surface area contributed by atoms with Gasteiger partial charge in [0.15, 0.2) is 55.5 Å². The molecule has 39 nitrogen and oxygen atoms in total. The molecular formula is C89H143N9O30. The van der Waals surface area contributed by atoms with E-state index >= 15 is 0 Å². The van der Waals surface area contributed by atoms with Gasteiger partial charge in [0.2, 0.25) is 47.3 Å². The second-order valence-electron chi connectivity index (χ2n) is 32.0. The highest BCUT2D eigenvalue weighted by molar-refractivity contribution is 5.87. The third-order valence-corrected chi connectivity index (χ3v) is 20.9. The van der Waals surface area contributed by atoms with Crippen molar-refractivity contribution in [3.05, 3.63) is 35.9 Å². The molecule has 3 heterocycles. The first-order valence-electron chi connectivity index (χ1n) is 45.3. The van der Waals surface area contributed by atoms with Gasteiger partial charge in [-0.25, -0.2) is 0 Å². The average Bonchev–Trinajstić information content (AvgIpc) is 0.797. The molecule has 1 aromatic carbocycles. The third kappa shape index (κ3) is 45.7. The van der Waals surface area contributed by atoms with Crippen molar-refractivity contribution in [3.8, 4) is 0 Å². The van der Waals surface area contributed by atoms with Crippen molar-refractivity contribution in [2.75, 3.05) is 78.8 Å². The molecule has 0 radical (unpaired) electrons. The Balaban J connectivity index is 1.38. The largest absolute Gasteiger partial charge is 0.461 e. The fourth-order valence-electron chi connectivity index (χ4n) is 15.0. The molecule has 0 aromatic heterocycles. The van der Waals surface area contributed by atoms with Crippen molar-refractivity contribution in [2.24, 2.45) is 0 Å². The Morgan fingerprint density at radius 2 is 0.695 bits per heavy atom. The Morgan fingerprint density at radius 3 is 1.08 bits per heavy atom. The first-order chi connectivity index (χ1) is 61.2. The maximum Gasteiger partial charge on any atom is 0.306 e. The zero-order valence-electron chi connectivity index (χ0n) is 76.9. The Bertz CT molecular complexity index is 3470. The molecule has 0 aliphatic carbocycles. The summed E-state index contributed by atoms with van der Waals surface area (Å²) in [6, 6.07) is 5.34. The molecule has 128 heavy (non-hydrogen) atoms. The topological polar surface area (TPSA) is 502 Å². The number of ether oxygens (including phenoxy) is 14. The van der Waals surface area contributed by atoms with Crippen LogP contribution in [0.4, 0.5) is 0 Å². The van der Waals surface area contributed by atoms with Crippen LogP contribution in [0, 0.1) is 0 Å². The number of ketones is 1. The highest BCUT2D eigenvalue weighted by Crippen LogP contribution is 2.33. The lowest BCUT2D eigenvalue weighted by atomic mass is 9.94. The number of amides is 8. The number of benzene rings is 1. The molecular weight excluding hydrogens is 1680 g/mol. The zero-order valence-corrected chi connectivity index (χ0v) is 76.9. The van der Waals surface area contributed by atoms with E-state index in [1.165, 1.54) is 62.3 Å². The van der Waals surface area contributed by atoms with E-state index in [4.69, 9.17) is 66.3 Å². The SMILES string of the molecule is CCC1OC(OCCCCCC(=O)NCCCCC(=O)CN(CC(=O)NCCCNC(=O)CCCCCOC2OC(CC)C(OC(C)=O)C(OC(C)=O)C2NC(C)=O)C(CCCCCOCCCC(=O)OCc2ccccc2)C(=O)NCCCNC(=O)CCCCCOC2OC(CC)C(OC(C)=O)C(OC(C)=O)C2NC(C)=O)C(NC(C)=O)C(OC(C)=O)C1OC(C)=O. The lowest BCUT2D eigenvalue weighted by Gasteiger charge is -2.45. The van der Waals surface area contributed by atoms with Crippen molar-refractivity contribution in [3.63, 3.8) is 0 Å². The minimum atomic E-state index is -1.10. The van der Waals surface area contributed by atoms with E-state index in [1.54, 1.807) is 25.7 Å². The summed E-state index contributed by atoms with van der Waals surface area (Å²) in [4.78, 5) is 206. The number of hydrogen-bond acceptors (Lipinski definition) is 31. The molecule has 16 atom stereocenters.